The summed E-state index contributed by atoms with van der Waals surface area (Å²) < 4.78 is 6.76. The van der Waals surface area contributed by atoms with Crippen molar-refractivity contribution in [2.45, 2.75) is 6.54 Å². The van der Waals surface area contributed by atoms with Crippen molar-refractivity contribution in [3.8, 4) is 5.75 Å². The van der Waals surface area contributed by atoms with Crippen LogP contribution in [0.15, 0.2) is 48.5 Å². The van der Waals surface area contributed by atoms with Crippen molar-refractivity contribution in [1.82, 2.24) is 10.2 Å². The molecule has 0 saturated heterocycles. The van der Waals surface area contributed by atoms with E-state index >= 15 is 0 Å². The number of nitrogens with zero attached hydrogens (tertiary/aromatic N) is 1. The molecule has 2 aromatic carbocycles. The third kappa shape index (κ3) is 6.19. The zero-order chi connectivity index (χ0) is 16.7. The number of hydrogen-bond donors (Lipinski definition) is 1. The molecular formula is C18H21IN2O2. The molecule has 23 heavy (non-hydrogen) atoms. The van der Waals surface area contributed by atoms with Gasteiger partial charge in [0, 0.05) is 22.2 Å². The molecule has 0 bridgehead atoms. The van der Waals surface area contributed by atoms with E-state index in [1.165, 1.54) is 0 Å². The SMILES string of the molecule is CN(C)CCOc1ccc(CNC(=O)c2ccc(I)cc2)cc1. The van der Waals surface area contributed by atoms with Gasteiger partial charge in [-0.2, -0.15) is 0 Å². The number of likely N-dealkylation sites (N-methyl/N-ethyl adjacent to an activating group) is 1. The highest BCUT2D eigenvalue weighted by Gasteiger charge is 2.05. The number of halogens is 1. The molecule has 0 aromatic heterocycles. The van der Waals surface area contributed by atoms with E-state index in [-0.39, 0.29) is 5.91 Å². The van der Waals surface area contributed by atoms with Gasteiger partial charge >= 0.3 is 0 Å². The van der Waals surface area contributed by atoms with Gasteiger partial charge in [-0.3, -0.25) is 4.79 Å². The van der Waals surface area contributed by atoms with E-state index < -0.39 is 0 Å². The molecule has 0 fully saturated rings. The van der Waals surface area contributed by atoms with E-state index in [2.05, 4.69) is 32.8 Å². The molecule has 2 rings (SSSR count). The van der Waals surface area contributed by atoms with Crippen LogP contribution >= 0.6 is 22.6 Å². The van der Waals surface area contributed by atoms with Gasteiger partial charge in [-0.1, -0.05) is 12.1 Å². The molecule has 0 heterocycles. The van der Waals surface area contributed by atoms with Crippen LogP contribution in [0.3, 0.4) is 0 Å². The zero-order valence-corrected chi connectivity index (χ0v) is 15.5. The van der Waals surface area contributed by atoms with Gasteiger partial charge in [0.15, 0.2) is 0 Å². The summed E-state index contributed by atoms with van der Waals surface area (Å²) >= 11 is 2.22. The minimum absolute atomic E-state index is 0.0623. The molecule has 5 heteroatoms. The summed E-state index contributed by atoms with van der Waals surface area (Å²) in [7, 11) is 4.03. The van der Waals surface area contributed by atoms with Gasteiger partial charge in [0.2, 0.25) is 0 Å². The van der Waals surface area contributed by atoms with Crippen molar-refractivity contribution in [3.05, 3.63) is 63.2 Å². The Morgan fingerprint density at radius 1 is 1.09 bits per heavy atom. The van der Waals surface area contributed by atoms with Crippen LogP contribution in [0.25, 0.3) is 0 Å². The topological polar surface area (TPSA) is 41.6 Å². The van der Waals surface area contributed by atoms with Crippen LogP contribution in [0, 0.1) is 3.57 Å². The molecule has 4 nitrogen and oxygen atoms in total. The fraction of sp³-hybridized carbons (Fsp3) is 0.278. The van der Waals surface area contributed by atoms with E-state index in [1.54, 1.807) is 0 Å². The molecule has 0 unspecified atom stereocenters. The van der Waals surface area contributed by atoms with Crippen molar-refractivity contribution in [1.29, 1.82) is 0 Å². The Bertz CT molecular complexity index is 624. The molecule has 122 valence electrons. The fourth-order valence-corrected chi connectivity index (χ4v) is 2.29. The van der Waals surface area contributed by atoms with Crippen LogP contribution in [-0.2, 0) is 6.54 Å². The molecule has 2 aromatic rings. The van der Waals surface area contributed by atoms with Crippen LogP contribution in [0.4, 0.5) is 0 Å². The Morgan fingerprint density at radius 3 is 2.35 bits per heavy atom. The van der Waals surface area contributed by atoms with Crippen LogP contribution < -0.4 is 10.1 Å². The highest BCUT2D eigenvalue weighted by Crippen LogP contribution is 2.12. The second-order valence-electron chi connectivity index (χ2n) is 5.49. The van der Waals surface area contributed by atoms with E-state index in [1.807, 2.05) is 62.6 Å². The van der Waals surface area contributed by atoms with Crippen molar-refractivity contribution < 1.29 is 9.53 Å². The third-order valence-electron chi connectivity index (χ3n) is 3.29. The minimum atomic E-state index is -0.0623. The summed E-state index contributed by atoms with van der Waals surface area (Å²) in [6.07, 6.45) is 0. The quantitative estimate of drug-likeness (QED) is 0.695. The molecule has 1 amide bonds. The number of nitrogens with one attached hydrogen (secondary N) is 1. The Morgan fingerprint density at radius 2 is 1.74 bits per heavy atom. The first-order valence-electron chi connectivity index (χ1n) is 7.45. The normalized spacial score (nSPS) is 10.6. The van der Waals surface area contributed by atoms with Gasteiger partial charge in [-0.15, -0.1) is 0 Å². The average molecular weight is 424 g/mol. The first kappa shape index (κ1) is 17.7. The number of rotatable bonds is 7. The molecule has 0 atom stereocenters. The van der Waals surface area contributed by atoms with Gasteiger partial charge in [0.1, 0.15) is 12.4 Å². The van der Waals surface area contributed by atoms with Gasteiger partial charge in [-0.25, -0.2) is 0 Å². The summed E-state index contributed by atoms with van der Waals surface area (Å²) in [5, 5.41) is 2.92. The van der Waals surface area contributed by atoms with E-state index in [4.69, 9.17) is 4.74 Å². The van der Waals surface area contributed by atoms with E-state index in [9.17, 15) is 4.79 Å². The van der Waals surface area contributed by atoms with Crippen LogP contribution in [0.5, 0.6) is 5.75 Å². The van der Waals surface area contributed by atoms with Crippen molar-refractivity contribution >= 4 is 28.5 Å². The Hall–Kier alpha value is -1.60. The summed E-state index contributed by atoms with van der Waals surface area (Å²) in [6, 6.07) is 15.3. The first-order chi connectivity index (χ1) is 11.0. The first-order valence-corrected chi connectivity index (χ1v) is 8.53. The summed E-state index contributed by atoms with van der Waals surface area (Å²) in [6.45, 7) is 2.05. The Kier molecular flexibility index (Phi) is 6.85. The monoisotopic (exact) mass is 424 g/mol. The lowest BCUT2D eigenvalue weighted by molar-refractivity contribution is 0.0951. The van der Waals surface area contributed by atoms with Crippen LogP contribution in [-0.4, -0.2) is 38.1 Å². The molecule has 1 N–H and O–H groups in total. The maximum Gasteiger partial charge on any atom is 0.251 e. The maximum absolute atomic E-state index is 12.1. The van der Waals surface area contributed by atoms with Crippen molar-refractivity contribution in [2.24, 2.45) is 0 Å². The standard InChI is InChI=1S/C18H21IN2O2/c1-21(2)11-12-23-17-9-3-14(4-10-17)13-20-18(22)15-5-7-16(19)8-6-15/h3-10H,11-13H2,1-2H3,(H,20,22). The number of benzene rings is 2. The molecule has 0 aliphatic heterocycles. The highest BCUT2D eigenvalue weighted by atomic mass is 127. The van der Waals surface area contributed by atoms with Gasteiger partial charge < -0.3 is 15.0 Å². The maximum atomic E-state index is 12.1. The van der Waals surface area contributed by atoms with Crippen molar-refractivity contribution in [2.75, 3.05) is 27.2 Å². The Balaban J connectivity index is 1.81. The number of carbonyl (C=O) groups excluding carboxylic acids is 1. The summed E-state index contributed by atoms with van der Waals surface area (Å²) in [4.78, 5) is 14.1. The third-order valence-corrected chi connectivity index (χ3v) is 4.01. The lowest BCUT2D eigenvalue weighted by Gasteiger charge is -2.11. The molecule has 0 aliphatic carbocycles. The molecular weight excluding hydrogens is 403 g/mol. The highest BCUT2D eigenvalue weighted by molar-refractivity contribution is 14.1. The molecule has 0 radical (unpaired) electrons. The van der Waals surface area contributed by atoms with Crippen molar-refractivity contribution in [3.63, 3.8) is 0 Å². The Labute approximate surface area is 151 Å². The predicted molar refractivity (Wildman–Crippen MR) is 101 cm³/mol. The predicted octanol–water partition coefficient (Wildman–Crippen LogP) is 3.16. The number of amides is 1. The zero-order valence-electron chi connectivity index (χ0n) is 13.4. The van der Waals surface area contributed by atoms with Gasteiger partial charge in [0.05, 0.1) is 0 Å². The minimum Gasteiger partial charge on any atom is -0.492 e. The second-order valence-corrected chi connectivity index (χ2v) is 6.73. The van der Waals surface area contributed by atoms with Gasteiger partial charge in [-0.05, 0) is 78.6 Å². The summed E-state index contributed by atoms with van der Waals surface area (Å²) in [5.74, 6) is 0.785. The van der Waals surface area contributed by atoms with Crippen LogP contribution in [0.2, 0.25) is 0 Å². The number of carbonyl (C=O) groups is 1. The fourth-order valence-electron chi connectivity index (χ4n) is 1.94. The smallest absolute Gasteiger partial charge is 0.251 e. The lowest BCUT2D eigenvalue weighted by Crippen LogP contribution is -2.22. The van der Waals surface area contributed by atoms with Gasteiger partial charge in [0.25, 0.3) is 5.91 Å². The second kappa shape index (κ2) is 8.88. The average Bonchev–Trinajstić information content (AvgIpc) is 2.54. The van der Waals surface area contributed by atoms with E-state index in [0.717, 1.165) is 21.4 Å². The molecule has 0 aliphatic rings. The summed E-state index contributed by atoms with van der Waals surface area (Å²) in [5.41, 5.74) is 1.72. The largest absolute Gasteiger partial charge is 0.492 e. The lowest BCUT2D eigenvalue weighted by atomic mass is 10.2. The number of ether oxygens (including phenoxy) is 1. The number of hydrogen-bond acceptors (Lipinski definition) is 3. The molecule has 0 saturated carbocycles. The van der Waals surface area contributed by atoms with E-state index in [0.29, 0.717) is 18.7 Å². The van der Waals surface area contributed by atoms with Crippen LogP contribution in [0.1, 0.15) is 15.9 Å². The molecule has 0 spiro atoms.